The van der Waals surface area contributed by atoms with Crippen molar-refractivity contribution < 1.29 is 4.74 Å². The van der Waals surface area contributed by atoms with Gasteiger partial charge < -0.3 is 10.5 Å². The van der Waals surface area contributed by atoms with E-state index in [1.807, 2.05) is 18.2 Å². The highest BCUT2D eigenvalue weighted by atomic mass is 79.9. The van der Waals surface area contributed by atoms with Crippen LogP contribution in [0.25, 0.3) is 11.4 Å². The zero-order chi connectivity index (χ0) is 15.6. The van der Waals surface area contributed by atoms with E-state index >= 15 is 0 Å². The molecular weight excluding hydrogens is 398 g/mol. The summed E-state index contributed by atoms with van der Waals surface area (Å²) >= 11 is 7.00. The summed E-state index contributed by atoms with van der Waals surface area (Å²) in [5.74, 6) is 2.28. The Morgan fingerprint density at radius 3 is 2.57 bits per heavy atom. The average molecular weight is 415 g/mol. The molecule has 1 aromatic heterocycles. The molecular formula is C15H17Br2N3O. The summed E-state index contributed by atoms with van der Waals surface area (Å²) in [6, 6.07) is 5.69. The average Bonchev–Trinajstić information content (AvgIpc) is 2.43. The van der Waals surface area contributed by atoms with Gasteiger partial charge in [-0.25, -0.2) is 9.97 Å². The third kappa shape index (κ3) is 3.74. The maximum Gasteiger partial charge on any atom is 0.163 e. The first-order valence-electron chi connectivity index (χ1n) is 6.58. The minimum absolute atomic E-state index is 0.449. The van der Waals surface area contributed by atoms with Crippen LogP contribution < -0.4 is 10.5 Å². The van der Waals surface area contributed by atoms with Crippen LogP contribution in [0.2, 0.25) is 0 Å². The summed E-state index contributed by atoms with van der Waals surface area (Å²) in [6.07, 6.45) is 0.835. The van der Waals surface area contributed by atoms with Crippen molar-refractivity contribution in [2.75, 3.05) is 12.8 Å². The largest absolute Gasteiger partial charge is 0.497 e. The van der Waals surface area contributed by atoms with Gasteiger partial charge in [0.1, 0.15) is 11.6 Å². The van der Waals surface area contributed by atoms with Gasteiger partial charge >= 0.3 is 0 Å². The van der Waals surface area contributed by atoms with Crippen molar-refractivity contribution in [3.63, 3.8) is 0 Å². The van der Waals surface area contributed by atoms with Gasteiger partial charge in [-0.15, -0.1) is 0 Å². The number of ether oxygens (including phenoxy) is 1. The summed E-state index contributed by atoms with van der Waals surface area (Å²) < 4.78 is 6.94. The molecule has 0 atom stereocenters. The molecule has 0 spiro atoms. The number of methoxy groups -OCH3 is 1. The standard InChI is InChI=1S/C15H17Br2N3O/c1-8(2)6-12-13(17)14(18)20-15(19-12)10-7-9(21-3)4-5-11(10)16/h4-5,7-8H,6H2,1-3H3,(H2,18,19,20). The SMILES string of the molecule is COc1ccc(Br)c(-c2nc(N)c(Br)c(CC(C)C)n2)c1. The van der Waals surface area contributed by atoms with Crippen molar-refractivity contribution in [2.45, 2.75) is 20.3 Å². The van der Waals surface area contributed by atoms with Crippen molar-refractivity contribution in [1.82, 2.24) is 9.97 Å². The number of nitrogen functional groups attached to an aromatic ring is 1. The number of nitrogens with zero attached hydrogens (tertiary/aromatic N) is 2. The number of rotatable bonds is 4. The van der Waals surface area contributed by atoms with Gasteiger partial charge in [-0.05, 0) is 46.5 Å². The third-order valence-corrected chi connectivity index (χ3v) is 4.52. The fourth-order valence-electron chi connectivity index (χ4n) is 1.96. The van der Waals surface area contributed by atoms with Gasteiger partial charge in [0.05, 0.1) is 17.3 Å². The van der Waals surface area contributed by atoms with E-state index in [1.54, 1.807) is 7.11 Å². The van der Waals surface area contributed by atoms with Crippen LogP contribution in [0.5, 0.6) is 5.75 Å². The minimum atomic E-state index is 0.449. The molecule has 0 radical (unpaired) electrons. The van der Waals surface area contributed by atoms with Crippen molar-refractivity contribution in [3.8, 4) is 17.1 Å². The highest BCUT2D eigenvalue weighted by molar-refractivity contribution is 9.11. The number of benzene rings is 1. The van der Waals surface area contributed by atoms with Gasteiger partial charge in [0, 0.05) is 10.0 Å². The predicted molar refractivity (Wildman–Crippen MR) is 92.4 cm³/mol. The number of anilines is 1. The van der Waals surface area contributed by atoms with Crippen molar-refractivity contribution in [1.29, 1.82) is 0 Å². The van der Waals surface area contributed by atoms with Crippen LogP contribution in [0.1, 0.15) is 19.5 Å². The summed E-state index contributed by atoms with van der Waals surface area (Å²) in [4.78, 5) is 9.04. The Bertz CT molecular complexity index is 660. The summed E-state index contributed by atoms with van der Waals surface area (Å²) in [5, 5.41) is 0. The Hall–Kier alpha value is -1.14. The molecule has 112 valence electrons. The Kier molecular flexibility index (Phi) is 5.22. The van der Waals surface area contributed by atoms with Crippen LogP contribution >= 0.6 is 31.9 Å². The Labute approximate surface area is 141 Å². The van der Waals surface area contributed by atoms with Crippen molar-refractivity contribution in [2.24, 2.45) is 5.92 Å². The van der Waals surface area contributed by atoms with Gasteiger partial charge in [-0.3, -0.25) is 0 Å². The number of halogens is 2. The first-order chi connectivity index (χ1) is 9.92. The lowest BCUT2D eigenvalue weighted by molar-refractivity contribution is 0.415. The van der Waals surface area contributed by atoms with Crippen molar-refractivity contribution >= 4 is 37.7 Å². The minimum Gasteiger partial charge on any atom is -0.497 e. The zero-order valence-corrected chi connectivity index (χ0v) is 15.3. The fourth-order valence-corrected chi connectivity index (χ4v) is 2.72. The molecule has 2 rings (SSSR count). The molecule has 2 N–H and O–H groups in total. The fraction of sp³-hybridized carbons (Fsp3) is 0.333. The number of hydrogen-bond acceptors (Lipinski definition) is 4. The quantitative estimate of drug-likeness (QED) is 0.802. The van der Waals surface area contributed by atoms with Crippen LogP contribution in [-0.2, 0) is 6.42 Å². The third-order valence-electron chi connectivity index (χ3n) is 2.96. The molecule has 2 aromatic rings. The molecule has 0 saturated heterocycles. The van der Waals surface area contributed by atoms with E-state index in [9.17, 15) is 0 Å². The second-order valence-corrected chi connectivity index (χ2v) is 6.78. The van der Waals surface area contributed by atoms with Gasteiger partial charge in [0.25, 0.3) is 0 Å². The molecule has 0 aliphatic heterocycles. The highest BCUT2D eigenvalue weighted by Gasteiger charge is 2.15. The molecule has 0 unspecified atom stereocenters. The van der Waals surface area contributed by atoms with E-state index in [2.05, 4.69) is 55.7 Å². The molecule has 0 aliphatic rings. The predicted octanol–water partition coefficient (Wildman–Crippen LogP) is 4.46. The lowest BCUT2D eigenvalue weighted by atomic mass is 10.1. The molecule has 6 heteroatoms. The second kappa shape index (κ2) is 6.75. The maximum absolute atomic E-state index is 6.01. The van der Waals surface area contributed by atoms with Gasteiger partial charge in [0.2, 0.25) is 0 Å². The van der Waals surface area contributed by atoms with Crippen LogP contribution in [0.4, 0.5) is 5.82 Å². The number of hydrogen-bond donors (Lipinski definition) is 1. The normalized spacial score (nSPS) is 11.0. The monoisotopic (exact) mass is 413 g/mol. The first kappa shape index (κ1) is 16.2. The maximum atomic E-state index is 6.01. The van der Waals surface area contributed by atoms with Crippen LogP contribution in [0, 0.1) is 5.92 Å². The molecule has 0 saturated carbocycles. The Morgan fingerprint density at radius 1 is 1.24 bits per heavy atom. The summed E-state index contributed by atoms with van der Waals surface area (Å²) in [6.45, 7) is 4.29. The number of nitrogens with two attached hydrogens (primary N) is 1. The van der Waals surface area contributed by atoms with E-state index in [0.29, 0.717) is 17.6 Å². The van der Waals surface area contributed by atoms with Gasteiger partial charge in [-0.1, -0.05) is 29.8 Å². The van der Waals surface area contributed by atoms with Crippen molar-refractivity contribution in [3.05, 3.63) is 32.8 Å². The van der Waals surface area contributed by atoms with Gasteiger partial charge in [-0.2, -0.15) is 0 Å². The van der Waals surface area contributed by atoms with Crippen LogP contribution in [0.15, 0.2) is 27.1 Å². The molecule has 1 aromatic carbocycles. The first-order valence-corrected chi connectivity index (χ1v) is 8.16. The molecule has 21 heavy (non-hydrogen) atoms. The Balaban J connectivity index is 2.56. The Morgan fingerprint density at radius 2 is 1.95 bits per heavy atom. The van der Waals surface area contributed by atoms with Gasteiger partial charge in [0.15, 0.2) is 5.82 Å². The second-order valence-electron chi connectivity index (χ2n) is 5.14. The topological polar surface area (TPSA) is 61.0 Å². The van der Waals surface area contributed by atoms with E-state index in [0.717, 1.165) is 32.4 Å². The molecule has 1 heterocycles. The van der Waals surface area contributed by atoms with Crippen LogP contribution in [-0.4, -0.2) is 17.1 Å². The highest BCUT2D eigenvalue weighted by Crippen LogP contribution is 2.32. The van der Waals surface area contributed by atoms with E-state index in [4.69, 9.17) is 10.5 Å². The zero-order valence-electron chi connectivity index (χ0n) is 12.2. The van der Waals surface area contributed by atoms with Crippen LogP contribution in [0.3, 0.4) is 0 Å². The molecule has 0 bridgehead atoms. The van der Waals surface area contributed by atoms with E-state index in [1.165, 1.54) is 0 Å². The molecule has 0 aliphatic carbocycles. The smallest absolute Gasteiger partial charge is 0.163 e. The van der Waals surface area contributed by atoms with E-state index < -0.39 is 0 Å². The lowest BCUT2D eigenvalue weighted by Crippen LogP contribution is -2.06. The lowest BCUT2D eigenvalue weighted by Gasteiger charge is -2.12. The molecule has 0 amide bonds. The summed E-state index contributed by atoms with van der Waals surface area (Å²) in [5.41, 5.74) is 7.79. The molecule has 4 nitrogen and oxygen atoms in total. The summed E-state index contributed by atoms with van der Waals surface area (Å²) in [7, 11) is 1.63. The molecule has 0 fully saturated rings. The number of aromatic nitrogens is 2. The van der Waals surface area contributed by atoms with E-state index in [-0.39, 0.29) is 0 Å².